The Balaban J connectivity index is 0.000000130. The maximum atomic E-state index is 5.20. The van der Waals surface area contributed by atoms with E-state index in [-0.39, 0.29) is 0 Å². The molecule has 10 aromatic heterocycles. The Labute approximate surface area is 614 Å². The number of rotatable bonds is 6. The molecule has 0 atom stereocenters. The van der Waals surface area contributed by atoms with Gasteiger partial charge in [0.1, 0.15) is 22.1 Å². The molecule has 0 aliphatic carbocycles. The fraction of sp³-hybridized carbons (Fsp3) is 0.0213. The molecule has 0 spiro atoms. The van der Waals surface area contributed by atoms with Crippen LogP contribution >= 0.6 is 0 Å². The average molecular weight is 1380 g/mol. The van der Waals surface area contributed by atoms with Crippen LogP contribution in [0, 0.1) is 13.8 Å². The number of nitrogens with zero attached hydrogens (tertiary/aromatic N) is 14. The molecule has 0 saturated carbocycles. The van der Waals surface area contributed by atoms with Gasteiger partial charge < -0.3 is 9.13 Å². The Morgan fingerprint density at radius 3 is 0.602 bits per heavy atom. The highest BCUT2D eigenvalue weighted by molar-refractivity contribution is 6.16. The van der Waals surface area contributed by atoms with Crippen molar-refractivity contribution in [3.8, 4) is 34.1 Å². The molecule has 24 aromatic rings. The van der Waals surface area contributed by atoms with Crippen LogP contribution in [0.2, 0.25) is 0 Å². The Bertz CT molecular complexity index is 7080. The molecular formula is C94H58N14. The summed E-state index contributed by atoms with van der Waals surface area (Å²) in [5.74, 6) is 0. The highest BCUT2D eigenvalue weighted by atomic mass is 15.1. The van der Waals surface area contributed by atoms with E-state index in [2.05, 4.69) is 260 Å². The largest absolute Gasteiger partial charge is 0.309 e. The van der Waals surface area contributed by atoms with Crippen molar-refractivity contribution in [1.82, 2.24) is 67.3 Å². The molecule has 504 valence electrons. The topological polar surface area (TPSA) is 133 Å². The normalized spacial score (nSPS) is 12.2. The number of fused-ring (bicyclic) bond motifs is 22. The van der Waals surface area contributed by atoms with Gasteiger partial charge in [0.25, 0.3) is 0 Å². The van der Waals surface area contributed by atoms with E-state index >= 15 is 0 Å². The number of aromatic nitrogens is 14. The van der Waals surface area contributed by atoms with E-state index in [0.29, 0.717) is 0 Å². The highest BCUT2D eigenvalue weighted by Crippen LogP contribution is 2.43. The molecule has 0 fully saturated rings. The lowest BCUT2D eigenvalue weighted by molar-refractivity contribution is 1.13. The zero-order chi connectivity index (χ0) is 71.0. The molecule has 14 nitrogen and oxygen atoms in total. The molecule has 0 aliphatic rings. The second-order valence-electron chi connectivity index (χ2n) is 28.1. The van der Waals surface area contributed by atoms with Gasteiger partial charge in [0.2, 0.25) is 0 Å². The summed E-state index contributed by atoms with van der Waals surface area (Å²) < 4.78 is 13.8. The summed E-state index contributed by atoms with van der Waals surface area (Å²) in [5.41, 5.74) is 31.6. The van der Waals surface area contributed by atoms with Crippen molar-refractivity contribution < 1.29 is 0 Å². The second kappa shape index (κ2) is 22.9. The van der Waals surface area contributed by atoms with Crippen LogP contribution in [0.5, 0.6) is 0 Å². The number of benzene rings is 14. The van der Waals surface area contributed by atoms with Crippen LogP contribution in [-0.4, -0.2) is 67.3 Å². The first-order valence-corrected chi connectivity index (χ1v) is 36.3. The molecule has 0 unspecified atom stereocenters. The van der Waals surface area contributed by atoms with Crippen LogP contribution < -0.4 is 0 Å². The molecule has 14 heteroatoms. The van der Waals surface area contributed by atoms with Gasteiger partial charge in [0, 0.05) is 77.2 Å². The predicted molar refractivity (Wildman–Crippen MR) is 441 cm³/mol. The highest BCUT2D eigenvalue weighted by Gasteiger charge is 2.25. The third-order valence-corrected chi connectivity index (χ3v) is 21.7. The summed E-state index contributed by atoms with van der Waals surface area (Å²) in [4.78, 5) is 41.3. The fourth-order valence-electron chi connectivity index (χ4n) is 16.8. The van der Waals surface area contributed by atoms with Crippen LogP contribution in [0.4, 0.5) is 0 Å². The van der Waals surface area contributed by atoms with E-state index < -0.39 is 0 Å². The summed E-state index contributed by atoms with van der Waals surface area (Å²) in [7, 11) is 0. The van der Waals surface area contributed by atoms with Gasteiger partial charge in [-0.05, 0) is 184 Å². The SMILES string of the molecule is Cc1ccc(-n2c3ccc(-n4c5ccccc5c5nc6ccccc6nc54)cc3c3cc(-n4c5ccccc5c5nc6ccccc6nc54)ccc32)cc1.Cc1ccc(-n2c3ccc(-n4c5ccccc5c5nc6ccccc6nc54)cc3c3cc(-n4c5ccccc5c5nc6ccccc6nc54)ccc32)cc1. The summed E-state index contributed by atoms with van der Waals surface area (Å²) >= 11 is 0. The lowest BCUT2D eigenvalue weighted by atomic mass is 10.1. The standard InChI is InChI=1S/2C47H29N7/c2*1-28-18-20-29(21-19-28)52-42-24-22-30(53-40-16-8-2-10-32(40)44-46(53)50-38-14-6-4-12-36(38)48-44)26-34(42)35-27-31(23-25-43(35)52)54-41-17-9-3-11-33(41)45-47(54)51-39-15-7-5-13-37(39)49-45/h2*2-27H,1H3. The average Bonchev–Trinajstić information content (AvgIpc) is 1.57. The molecule has 24 rings (SSSR count). The first-order chi connectivity index (χ1) is 53.3. The van der Waals surface area contributed by atoms with E-state index in [0.717, 1.165) is 210 Å². The van der Waals surface area contributed by atoms with Crippen molar-refractivity contribution in [2.45, 2.75) is 13.8 Å². The van der Waals surface area contributed by atoms with Crippen molar-refractivity contribution in [3.63, 3.8) is 0 Å². The maximum Gasteiger partial charge on any atom is 0.165 e. The Kier molecular flexibility index (Phi) is 12.6. The third-order valence-electron chi connectivity index (χ3n) is 21.7. The van der Waals surface area contributed by atoms with E-state index in [1.165, 1.54) is 11.1 Å². The minimum atomic E-state index is 0.841. The Morgan fingerprint density at radius 1 is 0.167 bits per heavy atom. The molecule has 10 heterocycles. The van der Waals surface area contributed by atoms with Gasteiger partial charge in [0.15, 0.2) is 22.6 Å². The van der Waals surface area contributed by atoms with Crippen LogP contribution in [0.15, 0.2) is 315 Å². The van der Waals surface area contributed by atoms with Gasteiger partial charge in [-0.3, -0.25) is 18.3 Å². The molecule has 0 amide bonds. The monoisotopic (exact) mass is 1380 g/mol. The van der Waals surface area contributed by atoms with Crippen LogP contribution in [-0.2, 0) is 0 Å². The summed E-state index contributed by atoms with van der Waals surface area (Å²) in [5, 5.41) is 8.88. The number of para-hydroxylation sites is 12. The molecule has 0 aliphatic heterocycles. The minimum absolute atomic E-state index is 0.841. The maximum absolute atomic E-state index is 5.20. The van der Waals surface area contributed by atoms with Crippen molar-refractivity contribution in [2.24, 2.45) is 0 Å². The zero-order valence-electron chi connectivity index (χ0n) is 58.3. The zero-order valence-corrected chi connectivity index (χ0v) is 58.3. The van der Waals surface area contributed by atoms with Gasteiger partial charge in [-0.1, -0.05) is 157 Å². The number of aryl methyl sites for hydroxylation is 2. The van der Waals surface area contributed by atoms with E-state index in [4.69, 9.17) is 39.9 Å². The summed E-state index contributed by atoms with van der Waals surface area (Å²) in [6.07, 6.45) is 0. The van der Waals surface area contributed by atoms with Gasteiger partial charge in [-0.15, -0.1) is 0 Å². The minimum Gasteiger partial charge on any atom is -0.309 e. The van der Waals surface area contributed by atoms with Crippen molar-refractivity contribution in [2.75, 3.05) is 0 Å². The summed E-state index contributed by atoms with van der Waals surface area (Å²) in [6.45, 7) is 4.26. The van der Waals surface area contributed by atoms with E-state index in [9.17, 15) is 0 Å². The fourth-order valence-corrected chi connectivity index (χ4v) is 16.8. The predicted octanol–water partition coefficient (Wildman–Crippen LogP) is 22.3. The van der Waals surface area contributed by atoms with Gasteiger partial charge in [-0.2, -0.15) is 0 Å². The van der Waals surface area contributed by atoms with Gasteiger partial charge in [0.05, 0.1) is 88.3 Å². The molecule has 108 heavy (non-hydrogen) atoms. The number of hydrogen-bond donors (Lipinski definition) is 0. The van der Waals surface area contributed by atoms with E-state index in [1.54, 1.807) is 0 Å². The second-order valence-corrected chi connectivity index (χ2v) is 28.1. The van der Waals surface area contributed by atoms with E-state index in [1.807, 2.05) is 97.1 Å². The Hall–Kier alpha value is -14.8. The van der Waals surface area contributed by atoms with Gasteiger partial charge >= 0.3 is 0 Å². The van der Waals surface area contributed by atoms with Crippen LogP contribution in [0.3, 0.4) is 0 Å². The van der Waals surface area contributed by atoms with Crippen molar-refractivity contribution >= 4 is 176 Å². The quantitative estimate of drug-likeness (QED) is 0.161. The lowest BCUT2D eigenvalue weighted by Gasteiger charge is -2.10. The first-order valence-electron chi connectivity index (χ1n) is 36.3. The first kappa shape index (κ1) is 59.7. The molecular weight excluding hydrogens is 1330 g/mol. The third kappa shape index (κ3) is 8.88. The number of hydrogen-bond acceptors (Lipinski definition) is 8. The Morgan fingerprint density at radius 2 is 0.361 bits per heavy atom. The van der Waals surface area contributed by atoms with Gasteiger partial charge in [-0.25, -0.2) is 39.9 Å². The smallest absolute Gasteiger partial charge is 0.165 e. The van der Waals surface area contributed by atoms with Crippen LogP contribution in [0.1, 0.15) is 11.1 Å². The van der Waals surface area contributed by atoms with Crippen LogP contribution in [0.25, 0.3) is 210 Å². The molecule has 14 aromatic carbocycles. The molecule has 0 radical (unpaired) electrons. The molecule has 0 saturated heterocycles. The lowest BCUT2D eigenvalue weighted by Crippen LogP contribution is -1.98. The summed E-state index contributed by atoms with van der Waals surface area (Å²) in [6, 6.07) is 111. The molecule has 0 N–H and O–H groups in total. The molecule has 0 bridgehead atoms. The van der Waals surface area contributed by atoms with Crippen molar-refractivity contribution in [1.29, 1.82) is 0 Å². The van der Waals surface area contributed by atoms with Crippen molar-refractivity contribution in [3.05, 3.63) is 327 Å².